The second-order valence-electron chi connectivity index (χ2n) is 3.61. The first-order chi connectivity index (χ1) is 8.26. The Kier molecular flexibility index (Phi) is 3.44. The van der Waals surface area contributed by atoms with Crippen molar-refractivity contribution in [3.63, 3.8) is 0 Å². The van der Waals surface area contributed by atoms with Crippen LogP contribution in [0.5, 0.6) is 5.75 Å². The van der Waals surface area contributed by atoms with Crippen molar-refractivity contribution >= 4 is 0 Å². The van der Waals surface area contributed by atoms with Gasteiger partial charge < -0.3 is 14.3 Å². The van der Waals surface area contributed by atoms with E-state index in [0.717, 1.165) is 11.3 Å². The molecule has 0 aliphatic heterocycles. The number of aryl methyl sites for hydroxylation is 1. The number of hydrogen-bond acceptors (Lipinski definition) is 4. The lowest BCUT2D eigenvalue weighted by atomic mass is 10.2. The van der Waals surface area contributed by atoms with Gasteiger partial charge in [-0.25, -0.2) is 4.98 Å². The average molecular weight is 233 g/mol. The lowest BCUT2D eigenvalue weighted by Gasteiger charge is -2.06. The van der Waals surface area contributed by atoms with Crippen molar-refractivity contribution in [2.24, 2.45) is 0 Å². The molecule has 0 spiro atoms. The van der Waals surface area contributed by atoms with E-state index in [-0.39, 0.29) is 6.61 Å². The van der Waals surface area contributed by atoms with Gasteiger partial charge >= 0.3 is 0 Å². The Morgan fingerprint density at radius 1 is 1.35 bits per heavy atom. The first-order valence-corrected chi connectivity index (χ1v) is 5.55. The Morgan fingerprint density at radius 2 is 2.12 bits per heavy atom. The van der Waals surface area contributed by atoms with Crippen LogP contribution in [0.25, 0.3) is 11.5 Å². The largest absolute Gasteiger partial charge is 0.493 e. The van der Waals surface area contributed by atoms with Crippen molar-refractivity contribution < 1.29 is 14.3 Å². The first kappa shape index (κ1) is 11.7. The van der Waals surface area contributed by atoms with Gasteiger partial charge in [-0.15, -0.1) is 0 Å². The second-order valence-corrected chi connectivity index (χ2v) is 3.61. The summed E-state index contributed by atoms with van der Waals surface area (Å²) in [5.74, 6) is 1.71. The molecule has 4 heteroatoms. The number of para-hydroxylation sites is 1. The van der Waals surface area contributed by atoms with Crippen molar-refractivity contribution in [1.82, 2.24) is 4.98 Å². The highest BCUT2D eigenvalue weighted by Crippen LogP contribution is 2.30. The summed E-state index contributed by atoms with van der Waals surface area (Å²) in [6.45, 7) is 4.18. The van der Waals surface area contributed by atoms with Crippen molar-refractivity contribution in [3.05, 3.63) is 35.7 Å². The molecule has 2 aromatic rings. The third-order valence-electron chi connectivity index (χ3n) is 2.45. The molecule has 0 saturated heterocycles. The third kappa shape index (κ3) is 2.31. The van der Waals surface area contributed by atoms with Crippen LogP contribution in [0, 0.1) is 6.92 Å². The Bertz CT molecular complexity index is 505. The van der Waals surface area contributed by atoms with Gasteiger partial charge in [0.05, 0.1) is 17.9 Å². The Hall–Kier alpha value is -1.81. The summed E-state index contributed by atoms with van der Waals surface area (Å²) < 4.78 is 11.0. The van der Waals surface area contributed by atoms with Gasteiger partial charge in [-0.05, 0) is 26.0 Å². The molecule has 1 N–H and O–H groups in total. The van der Waals surface area contributed by atoms with Crippen LogP contribution in [0.4, 0.5) is 0 Å². The van der Waals surface area contributed by atoms with Crippen LogP contribution in [0.15, 0.2) is 28.7 Å². The number of aromatic nitrogens is 1. The second kappa shape index (κ2) is 5.01. The van der Waals surface area contributed by atoms with Gasteiger partial charge in [0.15, 0.2) is 5.76 Å². The summed E-state index contributed by atoms with van der Waals surface area (Å²) in [4.78, 5) is 4.29. The van der Waals surface area contributed by atoms with E-state index in [9.17, 15) is 0 Å². The van der Waals surface area contributed by atoms with Gasteiger partial charge in [0.25, 0.3) is 0 Å². The summed E-state index contributed by atoms with van der Waals surface area (Å²) in [5.41, 5.74) is 1.51. The van der Waals surface area contributed by atoms with E-state index in [2.05, 4.69) is 4.98 Å². The zero-order valence-electron chi connectivity index (χ0n) is 9.93. The summed E-state index contributed by atoms with van der Waals surface area (Å²) in [7, 11) is 0. The lowest BCUT2D eigenvalue weighted by Crippen LogP contribution is -1.93. The minimum Gasteiger partial charge on any atom is -0.493 e. The minimum absolute atomic E-state index is 0.143. The van der Waals surface area contributed by atoms with Gasteiger partial charge in [0.1, 0.15) is 12.4 Å². The smallest absolute Gasteiger partial charge is 0.230 e. The molecular formula is C13H15NO3. The van der Waals surface area contributed by atoms with Crippen LogP contribution in [0.3, 0.4) is 0 Å². The molecule has 1 heterocycles. The summed E-state index contributed by atoms with van der Waals surface area (Å²) in [5, 5.41) is 9.09. The molecule has 17 heavy (non-hydrogen) atoms. The maximum absolute atomic E-state index is 9.09. The van der Waals surface area contributed by atoms with Crippen molar-refractivity contribution in [1.29, 1.82) is 0 Å². The molecule has 0 unspecified atom stereocenters. The normalized spacial score (nSPS) is 10.5. The van der Waals surface area contributed by atoms with Gasteiger partial charge in [-0.1, -0.05) is 12.1 Å². The number of benzene rings is 1. The Morgan fingerprint density at radius 3 is 2.76 bits per heavy atom. The third-order valence-corrected chi connectivity index (χ3v) is 2.45. The Balaban J connectivity index is 2.44. The van der Waals surface area contributed by atoms with Crippen LogP contribution < -0.4 is 4.74 Å². The van der Waals surface area contributed by atoms with E-state index in [1.165, 1.54) is 0 Å². The summed E-state index contributed by atoms with van der Waals surface area (Å²) in [6.07, 6.45) is 0. The van der Waals surface area contributed by atoms with Crippen LogP contribution >= 0.6 is 0 Å². The monoisotopic (exact) mass is 233 g/mol. The molecule has 1 aromatic carbocycles. The highest BCUT2D eigenvalue weighted by Gasteiger charge is 2.14. The molecule has 0 fully saturated rings. The highest BCUT2D eigenvalue weighted by molar-refractivity contribution is 5.62. The average Bonchev–Trinajstić information content (AvgIpc) is 2.71. The summed E-state index contributed by atoms with van der Waals surface area (Å²) >= 11 is 0. The van der Waals surface area contributed by atoms with Gasteiger partial charge in [-0.2, -0.15) is 0 Å². The van der Waals surface area contributed by atoms with Crippen LogP contribution in [0.2, 0.25) is 0 Å². The number of nitrogens with zero attached hydrogens (tertiary/aromatic N) is 1. The van der Waals surface area contributed by atoms with Gasteiger partial charge in [0.2, 0.25) is 5.89 Å². The fourth-order valence-electron chi connectivity index (χ4n) is 1.61. The number of hydrogen-bond donors (Lipinski definition) is 1. The van der Waals surface area contributed by atoms with Crippen LogP contribution in [-0.2, 0) is 6.61 Å². The maximum atomic E-state index is 9.09. The standard InChI is InChI=1S/C13H15NO3/c1-3-16-11-7-5-4-6-10(11)13-14-9(2)12(8-15)17-13/h4-7,15H,3,8H2,1-2H3. The molecule has 2 rings (SSSR count). The van der Waals surface area contributed by atoms with E-state index in [4.69, 9.17) is 14.3 Å². The number of aliphatic hydroxyl groups is 1. The SMILES string of the molecule is CCOc1ccccc1-c1nc(C)c(CO)o1. The summed E-state index contributed by atoms with van der Waals surface area (Å²) in [6, 6.07) is 7.56. The van der Waals surface area contributed by atoms with Crippen LogP contribution in [-0.4, -0.2) is 16.7 Å². The van der Waals surface area contributed by atoms with E-state index < -0.39 is 0 Å². The molecule has 1 aromatic heterocycles. The molecule has 0 radical (unpaired) electrons. The van der Waals surface area contributed by atoms with Gasteiger partial charge in [-0.3, -0.25) is 0 Å². The van der Waals surface area contributed by atoms with E-state index in [0.29, 0.717) is 24.0 Å². The molecule has 0 aliphatic carbocycles. The number of oxazole rings is 1. The predicted molar refractivity (Wildman–Crippen MR) is 63.8 cm³/mol. The van der Waals surface area contributed by atoms with Crippen LogP contribution in [0.1, 0.15) is 18.4 Å². The molecule has 0 bridgehead atoms. The van der Waals surface area contributed by atoms with Gasteiger partial charge in [0, 0.05) is 0 Å². The van der Waals surface area contributed by atoms with E-state index in [1.807, 2.05) is 38.1 Å². The van der Waals surface area contributed by atoms with Crippen molar-refractivity contribution in [3.8, 4) is 17.2 Å². The zero-order valence-corrected chi connectivity index (χ0v) is 9.93. The fourth-order valence-corrected chi connectivity index (χ4v) is 1.61. The predicted octanol–water partition coefficient (Wildman–Crippen LogP) is 2.54. The molecule has 90 valence electrons. The quantitative estimate of drug-likeness (QED) is 0.881. The topological polar surface area (TPSA) is 55.5 Å². The molecule has 0 aliphatic rings. The number of rotatable bonds is 4. The first-order valence-electron chi connectivity index (χ1n) is 5.55. The fraction of sp³-hybridized carbons (Fsp3) is 0.308. The highest BCUT2D eigenvalue weighted by atomic mass is 16.5. The number of aliphatic hydroxyl groups excluding tert-OH is 1. The zero-order chi connectivity index (χ0) is 12.3. The van der Waals surface area contributed by atoms with Crippen molar-refractivity contribution in [2.75, 3.05) is 6.61 Å². The molecule has 4 nitrogen and oxygen atoms in total. The number of ether oxygens (including phenoxy) is 1. The molecule has 0 atom stereocenters. The minimum atomic E-state index is -0.143. The molecular weight excluding hydrogens is 218 g/mol. The maximum Gasteiger partial charge on any atom is 0.230 e. The Labute approximate surface area is 99.9 Å². The lowest BCUT2D eigenvalue weighted by molar-refractivity contribution is 0.247. The molecule has 0 saturated carbocycles. The molecule has 0 amide bonds. The van der Waals surface area contributed by atoms with E-state index >= 15 is 0 Å². The van der Waals surface area contributed by atoms with E-state index in [1.54, 1.807) is 0 Å². The van der Waals surface area contributed by atoms with Crippen molar-refractivity contribution in [2.45, 2.75) is 20.5 Å².